The largest absolute Gasteiger partial charge is 0.479 e. The lowest BCUT2D eigenvalue weighted by Crippen LogP contribution is -2.10. The molecule has 5 heteroatoms. The van der Waals surface area contributed by atoms with Gasteiger partial charge in [0.1, 0.15) is 12.0 Å². The lowest BCUT2D eigenvalue weighted by molar-refractivity contribution is 0.399. The van der Waals surface area contributed by atoms with Gasteiger partial charge in [-0.3, -0.25) is 0 Å². The first-order valence-electron chi connectivity index (χ1n) is 6.19. The van der Waals surface area contributed by atoms with E-state index >= 15 is 0 Å². The maximum Gasteiger partial charge on any atom is 0.242 e. The maximum atomic E-state index is 5.88. The number of nitrogens with one attached hydrogen (secondary N) is 1. The molecule has 0 aromatic carbocycles. The number of nitrogens with zero attached hydrogens (tertiary/aromatic N) is 2. The van der Waals surface area contributed by atoms with Crippen molar-refractivity contribution in [3.8, 4) is 5.88 Å². The van der Waals surface area contributed by atoms with Gasteiger partial charge in [-0.1, -0.05) is 25.7 Å². The van der Waals surface area contributed by atoms with Crippen LogP contribution in [0.5, 0.6) is 5.88 Å². The Morgan fingerprint density at radius 3 is 2.88 bits per heavy atom. The summed E-state index contributed by atoms with van der Waals surface area (Å²) in [6, 6.07) is 0. The van der Waals surface area contributed by atoms with Crippen LogP contribution in [0.15, 0.2) is 6.33 Å². The van der Waals surface area contributed by atoms with Gasteiger partial charge in [-0.05, 0) is 12.3 Å². The zero-order valence-corrected chi connectivity index (χ0v) is 10.3. The predicted molar refractivity (Wildman–Crippen MR) is 68.1 cm³/mol. The Morgan fingerprint density at radius 2 is 2.18 bits per heavy atom. The third-order valence-electron chi connectivity index (χ3n) is 3.36. The van der Waals surface area contributed by atoms with Crippen molar-refractivity contribution in [3.63, 3.8) is 0 Å². The molecule has 0 unspecified atom stereocenters. The number of nitrogens with two attached hydrogens (primary N) is 1. The van der Waals surface area contributed by atoms with E-state index in [-0.39, 0.29) is 0 Å². The van der Waals surface area contributed by atoms with Crippen molar-refractivity contribution >= 4 is 11.5 Å². The molecule has 1 heterocycles. The van der Waals surface area contributed by atoms with Crippen LogP contribution in [0.4, 0.5) is 11.5 Å². The normalized spacial score (nSPS) is 16.1. The van der Waals surface area contributed by atoms with Gasteiger partial charge in [0.25, 0.3) is 0 Å². The summed E-state index contributed by atoms with van der Waals surface area (Å²) in [5, 5.41) is 3.26. The van der Waals surface area contributed by atoms with Crippen molar-refractivity contribution < 1.29 is 4.74 Å². The van der Waals surface area contributed by atoms with Crippen molar-refractivity contribution in [1.82, 2.24) is 9.97 Å². The van der Waals surface area contributed by atoms with Gasteiger partial charge in [-0.25, -0.2) is 4.98 Å². The second-order valence-electron chi connectivity index (χ2n) is 4.51. The van der Waals surface area contributed by atoms with Crippen LogP contribution in [0.25, 0.3) is 0 Å². The summed E-state index contributed by atoms with van der Waals surface area (Å²) in [6.45, 7) is 0.912. The minimum absolute atomic E-state index is 0.434. The first-order valence-corrected chi connectivity index (χ1v) is 6.19. The molecular weight excluding hydrogens is 216 g/mol. The van der Waals surface area contributed by atoms with Crippen molar-refractivity contribution in [2.45, 2.75) is 32.1 Å². The van der Waals surface area contributed by atoms with Crippen LogP contribution in [0, 0.1) is 5.92 Å². The van der Waals surface area contributed by atoms with Crippen molar-refractivity contribution in [2.24, 2.45) is 5.92 Å². The molecule has 0 amide bonds. The van der Waals surface area contributed by atoms with E-state index in [1.54, 1.807) is 7.11 Å². The summed E-state index contributed by atoms with van der Waals surface area (Å²) in [5.41, 5.74) is 6.36. The van der Waals surface area contributed by atoms with Gasteiger partial charge in [0, 0.05) is 6.54 Å². The number of aromatic nitrogens is 2. The van der Waals surface area contributed by atoms with Crippen LogP contribution in [0.3, 0.4) is 0 Å². The Balaban J connectivity index is 1.85. The number of ether oxygens (including phenoxy) is 1. The molecular formula is C12H20N4O. The number of nitrogen functional groups attached to an aromatic ring is 1. The van der Waals surface area contributed by atoms with Crippen LogP contribution in [0.2, 0.25) is 0 Å². The number of hydrogen-bond donors (Lipinski definition) is 2. The van der Waals surface area contributed by atoms with Crippen LogP contribution < -0.4 is 15.8 Å². The van der Waals surface area contributed by atoms with E-state index in [4.69, 9.17) is 10.5 Å². The molecule has 0 radical (unpaired) electrons. The Bertz CT molecular complexity index is 364. The molecule has 17 heavy (non-hydrogen) atoms. The second-order valence-corrected chi connectivity index (χ2v) is 4.51. The Labute approximate surface area is 102 Å². The first-order chi connectivity index (χ1) is 8.31. The lowest BCUT2D eigenvalue weighted by atomic mass is 10.0. The van der Waals surface area contributed by atoms with E-state index in [9.17, 15) is 0 Å². The van der Waals surface area contributed by atoms with Crippen molar-refractivity contribution in [3.05, 3.63) is 6.33 Å². The summed E-state index contributed by atoms with van der Waals surface area (Å²) in [7, 11) is 1.56. The average molecular weight is 236 g/mol. The number of methoxy groups -OCH3 is 1. The topological polar surface area (TPSA) is 73.1 Å². The average Bonchev–Trinajstić information content (AvgIpc) is 2.84. The summed E-state index contributed by atoms with van der Waals surface area (Å²) < 4.78 is 5.05. The zero-order chi connectivity index (χ0) is 12.1. The number of anilines is 2. The van der Waals surface area contributed by atoms with Crippen LogP contribution >= 0.6 is 0 Å². The molecule has 1 aromatic heterocycles. The van der Waals surface area contributed by atoms with Gasteiger partial charge in [0.2, 0.25) is 5.88 Å². The summed E-state index contributed by atoms with van der Waals surface area (Å²) >= 11 is 0. The second kappa shape index (κ2) is 5.70. The van der Waals surface area contributed by atoms with Crippen molar-refractivity contribution in [1.29, 1.82) is 0 Å². The highest BCUT2D eigenvalue weighted by Crippen LogP contribution is 2.28. The Hall–Kier alpha value is -1.52. The standard InChI is InChI=1S/C12H20N4O/c1-17-12-10(13)11(15-8-16-12)14-7-6-9-4-2-3-5-9/h8-9H,2-7,13H2,1H3,(H,14,15,16). The molecule has 1 aromatic rings. The van der Waals surface area contributed by atoms with Gasteiger partial charge in [0.05, 0.1) is 7.11 Å². The molecule has 5 nitrogen and oxygen atoms in total. The first kappa shape index (κ1) is 12.0. The molecule has 0 aliphatic heterocycles. The fourth-order valence-electron chi connectivity index (χ4n) is 2.38. The summed E-state index contributed by atoms with van der Waals surface area (Å²) in [6.07, 6.45) is 8.15. The molecule has 0 saturated heterocycles. The van der Waals surface area contributed by atoms with Gasteiger partial charge in [-0.15, -0.1) is 0 Å². The molecule has 1 aliphatic carbocycles. The van der Waals surface area contributed by atoms with Gasteiger partial charge in [0.15, 0.2) is 5.82 Å². The Morgan fingerprint density at radius 1 is 1.41 bits per heavy atom. The molecule has 0 atom stereocenters. The predicted octanol–water partition coefficient (Wildman–Crippen LogP) is 2.06. The molecule has 0 spiro atoms. The lowest BCUT2D eigenvalue weighted by Gasteiger charge is -2.12. The van der Waals surface area contributed by atoms with E-state index < -0.39 is 0 Å². The SMILES string of the molecule is COc1ncnc(NCCC2CCCC2)c1N. The zero-order valence-electron chi connectivity index (χ0n) is 10.3. The van der Waals surface area contributed by atoms with Gasteiger partial charge >= 0.3 is 0 Å². The van der Waals surface area contributed by atoms with Gasteiger partial charge in [-0.2, -0.15) is 4.98 Å². The van der Waals surface area contributed by atoms with Crippen LogP contribution in [-0.2, 0) is 0 Å². The third-order valence-corrected chi connectivity index (χ3v) is 3.36. The highest BCUT2D eigenvalue weighted by Gasteiger charge is 2.14. The van der Waals surface area contributed by atoms with Crippen LogP contribution in [-0.4, -0.2) is 23.6 Å². The van der Waals surface area contributed by atoms with E-state index in [2.05, 4.69) is 15.3 Å². The molecule has 94 valence electrons. The van der Waals surface area contributed by atoms with E-state index in [1.807, 2.05) is 0 Å². The highest BCUT2D eigenvalue weighted by molar-refractivity contribution is 5.66. The fourth-order valence-corrected chi connectivity index (χ4v) is 2.38. The van der Waals surface area contributed by atoms with E-state index in [1.165, 1.54) is 38.4 Å². The molecule has 2 rings (SSSR count). The fraction of sp³-hybridized carbons (Fsp3) is 0.667. The quantitative estimate of drug-likeness (QED) is 0.818. The number of rotatable bonds is 5. The highest BCUT2D eigenvalue weighted by atomic mass is 16.5. The van der Waals surface area contributed by atoms with E-state index in [0.717, 1.165) is 12.5 Å². The number of hydrogen-bond acceptors (Lipinski definition) is 5. The van der Waals surface area contributed by atoms with Crippen molar-refractivity contribution in [2.75, 3.05) is 24.7 Å². The minimum Gasteiger partial charge on any atom is -0.479 e. The van der Waals surface area contributed by atoms with E-state index in [0.29, 0.717) is 17.4 Å². The molecule has 1 aliphatic rings. The summed E-state index contributed by atoms with van der Waals surface area (Å²) in [4.78, 5) is 8.07. The third kappa shape index (κ3) is 2.99. The molecule has 3 N–H and O–H groups in total. The maximum absolute atomic E-state index is 5.88. The van der Waals surface area contributed by atoms with Crippen LogP contribution in [0.1, 0.15) is 32.1 Å². The molecule has 1 fully saturated rings. The van der Waals surface area contributed by atoms with Gasteiger partial charge < -0.3 is 15.8 Å². The minimum atomic E-state index is 0.434. The molecule has 0 bridgehead atoms. The summed E-state index contributed by atoms with van der Waals surface area (Å²) in [5.74, 6) is 1.98. The smallest absolute Gasteiger partial charge is 0.242 e. The monoisotopic (exact) mass is 236 g/mol. The molecule has 1 saturated carbocycles. The Kier molecular flexibility index (Phi) is 4.01.